The maximum absolute atomic E-state index is 13.4. The van der Waals surface area contributed by atoms with E-state index in [1.54, 1.807) is 48.7 Å². The van der Waals surface area contributed by atoms with Crippen LogP contribution in [0.25, 0.3) is 0 Å². The Hall–Kier alpha value is -3.46. The van der Waals surface area contributed by atoms with Crippen LogP contribution in [0.3, 0.4) is 0 Å². The molecule has 0 bridgehead atoms. The first-order valence-electron chi connectivity index (χ1n) is 11.9. The van der Waals surface area contributed by atoms with Gasteiger partial charge in [0.2, 0.25) is 17.7 Å². The van der Waals surface area contributed by atoms with Crippen molar-refractivity contribution in [2.24, 2.45) is 10.1 Å². The van der Waals surface area contributed by atoms with Crippen LogP contribution in [0.4, 0.5) is 0 Å². The van der Waals surface area contributed by atoms with Gasteiger partial charge in [0, 0.05) is 40.1 Å². The van der Waals surface area contributed by atoms with E-state index in [9.17, 15) is 18.0 Å². The van der Waals surface area contributed by atoms with Crippen molar-refractivity contribution in [1.82, 2.24) is 9.97 Å². The third-order valence-corrected chi connectivity index (χ3v) is 9.31. The van der Waals surface area contributed by atoms with Gasteiger partial charge in [-0.1, -0.05) is 36.4 Å². The molecule has 0 aliphatic rings. The number of carbonyl (C=O) groups excluding carboxylic acids is 2. The molecule has 0 aliphatic heterocycles. The summed E-state index contributed by atoms with van der Waals surface area (Å²) in [7, 11) is -1.49. The van der Waals surface area contributed by atoms with Gasteiger partial charge in [-0.2, -0.15) is 4.36 Å². The lowest BCUT2D eigenvalue weighted by atomic mass is 10.4. The molecule has 0 radical (unpaired) electrons. The molecule has 4 rings (SSSR count). The summed E-state index contributed by atoms with van der Waals surface area (Å²) in [4.78, 5) is 30.8. The lowest BCUT2D eigenvalue weighted by molar-refractivity contribution is -0.116. The van der Waals surface area contributed by atoms with E-state index >= 15 is 0 Å². The Kier molecular flexibility index (Phi) is 13.9. The Morgan fingerprint density at radius 1 is 0.857 bits per heavy atom. The van der Waals surface area contributed by atoms with E-state index in [4.69, 9.17) is 9.47 Å². The van der Waals surface area contributed by atoms with Crippen LogP contribution in [0.15, 0.2) is 118 Å². The van der Waals surface area contributed by atoms with E-state index in [1.807, 2.05) is 30.3 Å². The number of hydrogen-bond acceptors (Lipinski definition) is 8. The van der Waals surface area contributed by atoms with Crippen LogP contribution in [-0.2, 0) is 30.1 Å². The molecule has 0 spiro atoms. The number of hydrogen-bond donors (Lipinski definition) is 1. The first-order valence-corrected chi connectivity index (χ1v) is 16.1. The number of benzene rings is 2. The maximum atomic E-state index is 13.4. The van der Waals surface area contributed by atoms with Gasteiger partial charge in [-0.3, -0.25) is 9.59 Å². The average molecular weight is 740 g/mol. The van der Waals surface area contributed by atoms with Crippen molar-refractivity contribution in [2.45, 2.75) is 33.4 Å². The number of halogens is 2. The lowest BCUT2D eigenvalue weighted by Gasteiger charge is -2.13. The molecule has 4 aromatic rings. The Labute approximate surface area is 264 Å². The van der Waals surface area contributed by atoms with Crippen molar-refractivity contribution in [2.75, 3.05) is 14.2 Å². The lowest BCUT2D eigenvalue weighted by Crippen LogP contribution is -2.07. The predicted molar refractivity (Wildman–Crippen MR) is 167 cm³/mol. The van der Waals surface area contributed by atoms with Crippen molar-refractivity contribution < 1.29 is 27.5 Å². The summed E-state index contributed by atoms with van der Waals surface area (Å²) in [5, 5.41) is 0. The number of pyridine rings is 2. The quantitative estimate of drug-likeness (QED) is 0.261. The van der Waals surface area contributed by atoms with E-state index in [0.717, 1.165) is 9.37 Å². The molecule has 2 unspecified atom stereocenters. The summed E-state index contributed by atoms with van der Waals surface area (Å²) in [5.41, 5.74) is 4.47. The molecule has 2 aromatic carbocycles. The summed E-state index contributed by atoms with van der Waals surface area (Å²) in [6.45, 7) is 2.57. The van der Waals surface area contributed by atoms with Crippen LogP contribution in [0.2, 0.25) is 0 Å². The van der Waals surface area contributed by atoms with Gasteiger partial charge in [0.15, 0.2) is 0 Å². The summed E-state index contributed by atoms with van der Waals surface area (Å²) in [6.07, 6.45) is 3.14. The first kappa shape index (κ1) is 34.7. The van der Waals surface area contributed by atoms with Gasteiger partial charge in [0.05, 0.1) is 29.9 Å². The van der Waals surface area contributed by atoms with Crippen molar-refractivity contribution in [3.63, 3.8) is 0 Å². The van der Waals surface area contributed by atoms with E-state index in [-0.39, 0.29) is 16.7 Å². The van der Waals surface area contributed by atoms with Gasteiger partial charge < -0.3 is 15.2 Å². The summed E-state index contributed by atoms with van der Waals surface area (Å²) < 4.78 is 41.3. The molecule has 42 heavy (non-hydrogen) atoms. The van der Waals surface area contributed by atoms with Crippen molar-refractivity contribution in [3.05, 3.63) is 94.1 Å². The highest BCUT2D eigenvalue weighted by molar-refractivity contribution is 9.10. The zero-order chi connectivity index (χ0) is 31.3. The summed E-state index contributed by atoms with van der Waals surface area (Å²) in [5.74, 6) is -0.293. The van der Waals surface area contributed by atoms with E-state index in [1.165, 1.54) is 34.3 Å². The molecule has 2 aromatic heterocycles. The third-order valence-electron chi connectivity index (χ3n) is 4.73. The van der Waals surface area contributed by atoms with Gasteiger partial charge in [-0.25, -0.2) is 18.4 Å². The molecule has 0 fully saturated rings. The summed E-state index contributed by atoms with van der Waals surface area (Å²) >= 11 is 6.60. The van der Waals surface area contributed by atoms with Crippen molar-refractivity contribution >= 4 is 64.2 Å². The standard InChI is InChI=1S/C14H13BrN2O3S.C12H10BrNO2S.C2H5NO/c1-10(18)17-21(19,12-6-4-3-5-7-12)13-8-11(15)9-16-14(13)20-2;1-16-12-11(7-9(13)8-14-12)17(15)10-5-3-2-4-6-10;1-2(3)4/h3-9H,1-2H3;2-8H,1H3;1H3,(H2,3,4). The zero-order valence-electron chi connectivity index (χ0n) is 23.0. The Morgan fingerprint density at radius 2 is 1.33 bits per heavy atom. The minimum absolute atomic E-state index is 0.178. The van der Waals surface area contributed by atoms with E-state index in [2.05, 4.69) is 51.9 Å². The predicted octanol–water partition coefficient (Wildman–Crippen LogP) is 5.80. The molecule has 14 heteroatoms. The number of nitrogens with two attached hydrogens (primary N) is 1. The van der Waals surface area contributed by atoms with Gasteiger partial charge in [-0.05, 0) is 68.3 Å². The van der Waals surface area contributed by atoms with E-state index in [0.29, 0.717) is 20.1 Å². The Balaban J connectivity index is 0.000000265. The van der Waals surface area contributed by atoms with Crippen LogP contribution < -0.4 is 15.2 Å². The number of amides is 2. The number of methoxy groups -OCH3 is 2. The molecule has 2 atom stereocenters. The minimum Gasteiger partial charge on any atom is -0.480 e. The Bertz CT molecular complexity index is 1660. The number of rotatable bonds is 6. The fourth-order valence-electron chi connectivity index (χ4n) is 3.14. The zero-order valence-corrected chi connectivity index (χ0v) is 27.8. The number of primary amides is 1. The maximum Gasteiger partial charge on any atom is 0.251 e. The molecule has 10 nitrogen and oxygen atoms in total. The highest BCUT2D eigenvalue weighted by Gasteiger charge is 2.23. The van der Waals surface area contributed by atoms with Crippen LogP contribution >= 0.6 is 31.9 Å². The second-order valence-electron chi connectivity index (χ2n) is 7.96. The average Bonchev–Trinajstić information content (AvgIpc) is 2.97. The molecule has 0 saturated carbocycles. The molecular formula is C28H28Br2N4O6S2. The monoisotopic (exact) mass is 738 g/mol. The molecule has 0 aliphatic carbocycles. The van der Waals surface area contributed by atoms with Crippen LogP contribution in [0, 0.1) is 0 Å². The highest BCUT2D eigenvalue weighted by Crippen LogP contribution is 2.32. The smallest absolute Gasteiger partial charge is 0.251 e. The van der Waals surface area contributed by atoms with Gasteiger partial charge in [-0.15, -0.1) is 0 Å². The van der Waals surface area contributed by atoms with Crippen LogP contribution in [0.5, 0.6) is 11.8 Å². The first-order chi connectivity index (χ1) is 19.9. The normalized spacial score (nSPS) is 12.1. The van der Waals surface area contributed by atoms with Crippen molar-refractivity contribution in [3.8, 4) is 11.8 Å². The van der Waals surface area contributed by atoms with Gasteiger partial charge >= 0.3 is 0 Å². The van der Waals surface area contributed by atoms with Crippen LogP contribution in [0.1, 0.15) is 13.8 Å². The molecule has 222 valence electrons. The molecule has 0 saturated heterocycles. The molecule has 2 N–H and O–H groups in total. The third kappa shape index (κ3) is 10.1. The second-order valence-corrected chi connectivity index (χ2v) is 13.4. The van der Waals surface area contributed by atoms with E-state index < -0.39 is 26.4 Å². The van der Waals surface area contributed by atoms with Crippen molar-refractivity contribution in [1.29, 1.82) is 0 Å². The largest absolute Gasteiger partial charge is 0.480 e. The summed E-state index contributed by atoms with van der Waals surface area (Å²) in [6, 6.07) is 21.2. The van der Waals surface area contributed by atoms with Gasteiger partial charge in [0.1, 0.15) is 19.5 Å². The Morgan fingerprint density at radius 3 is 1.83 bits per heavy atom. The fourth-order valence-corrected chi connectivity index (χ4v) is 7.30. The molecule has 2 heterocycles. The number of ether oxygens (including phenoxy) is 2. The van der Waals surface area contributed by atoms with Gasteiger partial charge in [0.25, 0.3) is 5.91 Å². The number of carbonyl (C=O) groups is 2. The molecular weight excluding hydrogens is 712 g/mol. The highest BCUT2D eigenvalue weighted by atomic mass is 79.9. The topological polar surface area (TPSA) is 151 Å². The fraction of sp³-hybridized carbons (Fsp3) is 0.143. The number of nitrogens with zero attached hydrogens (tertiary/aromatic N) is 3. The SMILES string of the molecule is CC(N)=O.COc1ncc(Br)cc1S(=O)(=NC(C)=O)c1ccccc1.COc1ncc(Br)cc1S(=O)c1ccccc1. The van der Waals surface area contributed by atoms with Crippen LogP contribution in [-0.4, -0.2) is 44.4 Å². The molecule has 2 amide bonds. The number of aromatic nitrogens is 2. The minimum atomic E-state index is -3.15. The second kappa shape index (κ2) is 16.9.